The number of amides is 2. The Morgan fingerprint density at radius 1 is 1.16 bits per heavy atom. The Hall–Kier alpha value is -3.13. The third kappa shape index (κ3) is 4.45. The zero-order chi connectivity index (χ0) is 17.6. The molecule has 1 aromatic carbocycles. The number of nitrogens with zero attached hydrogens (tertiary/aromatic N) is 3. The molecular formula is C17H15N5O2S. The summed E-state index contributed by atoms with van der Waals surface area (Å²) >= 11 is 1.34. The predicted octanol–water partition coefficient (Wildman–Crippen LogP) is 2.49. The van der Waals surface area contributed by atoms with Crippen LogP contribution >= 0.6 is 11.3 Å². The predicted molar refractivity (Wildman–Crippen MR) is 95.1 cm³/mol. The zero-order valence-corrected chi connectivity index (χ0v) is 14.2. The summed E-state index contributed by atoms with van der Waals surface area (Å²) in [6.07, 6.45) is 4.37. The molecule has 8 heteroatoms. The quantitative estimate of drug-likeness (QED) is 0.734. The molecule has 0 unspecified atom stereocenters. The van der Waals surface area contributed by atoms with Crippen LogP contribution in [0.5, 0.6) is 0 Å². The van der Waals surface area contributed by atoms with Crippen LogP contribution in [0.1, 0.15) is 23.0 Å². The van der Waals surface area contributed by atoms with E-state index in [1.54, 1.807) is 0 Å². The Morgan fingerprint density at radius 2 is 1.96 bits per heavy atom. The van der Waals surface area contributed by atoms with E-state index in [0.29, 0.717) is 11.7 Å². The average Bonchev–Trinajstić information content (AvgIpc) is 3.09. The van der Waals surface area contributed by atoms with Crippen molar-refractivity contribution in [2.75, 3.05) is 5.32 Å². The van der Waals surface area contributed by atoms with Crippen molar-refractivity contribution in [3.8, 4) is 11.3 Å². The second-order valence-electron chi connectivity index (χ2n) is 5.19. The van der Waals surface area contributed by atoms with Crippen LogP contribution < -0.4 is 10.6 Å². The van der Waals surface area contributed by atoms with Crippen LogP contribution in [0.25, 0.3) is 11.3 Å². The lowest BCUT2D eigenvalue weighted by Gasteiger charge is -2.03. The van der Waals surface area contributed by atoms with Gasteiger partial charge in [0, 0.05) is 36.8 Å². The second kappa shape index (κ2) is 7.63. The van der Waals surface area contributed by atoms with Gasteiger partial charge < -0.3 is 5.32 Å². The lowest BCUT2D eigenvalue weighted by Crippen LogP contribution is -2.18. The van der Waals surface area contributed by atoms with Crippen molar-refractivity contribution in [2.24, 2.45) is 0 Å². The number of carbonyl (C=O) groups is 2. The lowest BCUT2D eigenvalue weighted by atomic mass is 10.1. The number of rotatable bonds is 5. The van der Waals surface area contributed by atoms with Gasteiger partial charge in [0.2, 0.25) is 5.91 Å². The highest BCUT2D eigenvalue weighted by molar-refractivity contribution is 7.14. The van der Waals surface area contributed by atoms with Crippen molar-refractivity contribution in [3.05, 3.63) is 59.5 Å². The first-order valence-electron chi connectivity index (χ1n) is 7.48. The number of carbonyl (C=O) groups excluding carboxylic acids is 2. The SMILES string of the molecule is CC(=O)NCc1ccc(-c2csc(NC(=O)c3cnccn3)n2)cc1. The molecule has 0 radical (unpaired) electrons. The summed E-state index contributed by atoms with van der Waals surface area (Å²) in [7, 11) is 0. The van der Waals surface area contributed by atoms with E-state index in [-0.39, 0.29) is 17.5 Å². The molecule has 0 atom stereocenters. The van der Waals surface area contributed by atoms with Crippen molar-refractivity contribution in [2.45, 2.75) is 13.5 Å². The molecule has 2 amide bonds. The summed E-state index contributed by atoms with van der Waals surface area (Å²) in [5, 5.41) is 7.83. The molecule has 0 bridgehead atoms. The summed E-state index contributed by atoms with van der Waals surface area (Å²) in [6, 6.07) is 7.73. The number of hydrogen-bond acceptors (Lipinski definition) is 6. The monoisotopic (exact) mass is 353 g/mol. The van der Waals surface area contributed by atoms with E-state index in [2.05, 4.69) is 25.6 Å². The van der Waals surface area contributed by atoms with E-state index < -0.39 is 0 Å². The maximum Gasteiger partial charge on any atom is 0.277 e. The number of benzene rings is 1. The van der Waals surface area contributed by atoms with Gasteiger partial charge in [0.15, 0.2) is 5.13 Å². The molecule has 2 heterocycles. The summed E-state index contributed by atoms with van der Waals surface area (Å²) in [6.45, 7) is 1.98. The highest BCUT2D eigenvalue weighted by Crippen LogP contribution is 2.25. The summed E-state index contributed by atoms with van der Waals surface area (Å²) in [5.41, 5.74) is 2.94. The summed E-state index contributed by atoms with van der Waals surface area (Å²) < 4.78 is 0. The van der Waals surface area contributed by atoms with Crippen LogP contribution in [0, 0.1) is 0 Å². The molecule has 2 aromatic heterocycles. The van der Waals surface area contributed by atoms with Gasteiger partial charge >= 0.3 is 0 Å². The van der Waals surface area contributed by atoms with Gasteiger partial charge in [-0.15, -0.1) is 11.3 Å². The molecule has 0 aliphatic rings. The molecule has 0 aliphatic carbocycles. The molecule has 3 aromatic rings. The van der Waals surface area contributed by atoms with Crippen LogP contribution in [0.15, 0.2) is 48.2 Å². The Morgan fingerprint density at radius 3 is 2.64 bits per heavy atom. The van der Waals surface area contributed by atoms with E-state index >= 15 is 0 Å². The number of hydrogen-bond donors (Lipinski definition) is 2. The van der Waals surface area contributed by atoms with Crippen molar-refractivity contribution >= 4 is 28.3 Å². The first-order valence-corrected chi connectivity index (χ1v) is 8.36. The van der Waals surface area contributed by atoms with Crippen LogP contribution in [-0.4, -0.2) is 26.8 Å². The van der Waals surface area contributed by atoms with Crippen LogP contribution in [0.3, 0.4) is 0 Å². The normalized spacial score (nSPS) is 10.3. The van der Waals surface area contributed by atoms with E-state index in [1.807, 2.05) is 29.6 Å². The first-order chi connectivity index (χ1) is 12.1. The zero-order valence-electron chi connectivity index (χ0n) is 13.4. The van der Waals surface area contributed by atoms with Crippen molar-refractivity contribution in [3.63, 3.8) is 0 Å². The molecule has 7 nitrogen and oxygen atoms in total. The van der Waals surface area contributed by atoms with Gasteiger partial charge in [-0.05, 0) is 5.56 Å². The van der Waals surface area contributed by atoms with E-state index in [0.717, 1.165) is 16.8 Å². The fourth-order valence-electron chi connectivity index (χ4n) is 2.06. The van der Waals surface area contributed by atoms with Gasteiger partial charge in [-0.2, -0.15) is 0 Å². The smallest absolute Gasteiger partial charge is 0.277 e. The minimum Gasteiger partial charge on any atom is -0.352 e. The minimum atomic E-state index is -0.348. The maximum atomic E-state index is 12.1. The van der Waals surface area contributed by atoms with E-state index in [9.17, 15) is 9.59 Å². The van der Waals surface area contributed by atoms with Gasteiger partial charge in [0.05, 0.1) is 11.9 Å². The summed E-state index contributed by atoms with van der Waals surface area (Å²) in [4.78, 5) is 35.2. The molecule has 2 N–H and O–H groups in total. The molecule has 0 aliphatic heterocycles. The van der Waals surface area contributed by atoms with Gasteiger partial charge in [0.25, 0.3) is 5.91 Å². The maximum absolute atomic E-state index is 12.1. The lowest BCUT2D eigenvalue weighted by molar-refractivity contribution is -0.119. The fourth-order valence-corrected chi connectivity index (χ4v) is 2.78. The van der Waals surface area contributed by atoms with Crippen LogP contribution in [-0.2, 0) is 11.3 Å². The summed E-state index contributed by atoms with van der Waals surface area (Å²) in [5.74, 6) is -0.410. The van der Waals surface area contributed by atoms with Crippen molar-refractivity contribution in [1.29, 1.82) is 0 Å². The standard InChI is InChI=1S/C17H15N5O2S/c1-11(23)20-8-12-2-4-13(5-3-12)15-10-25-17(21-15)22-16(24)14-9-18-6-7-19-14/h2-7,9-10H,8H2,1H3,(H,20,23)(H,21,22,24). The highest BCUT2D eigenvalue weighted by atomic mass is 32.1. The Bertz CT molecular complexity index is 878. The fraction of sp³-hybridized carbons (Fsp3) is 0.118. The number of anilines is 1. The van der Waals surface area contributed by atoms with E-state index in [4.69, 9.17) is 0 Å². The average molecular weight is 353 g/mol. The molecular weight excluding hydrogens is 338 g/mol. The third-order valence-corrected chi connectivity index (χ3v) is 4.07. The number of nitrogens with one attached hydrogen (secondary N) is 2. The van der Waals surface area contributed by atoms with Gasteiger partial charge in [0.1, 0.15) is 5.69 Å². The van der Waals surface area contributed by atoms with Crippen molar-refractivity contribution < 1.29 is 9.59 Å². The Labute approximate surface area is 148 Å². The molecule has 0 saturated carbocycles. The molecule has 0 spiro atoms. The van der Waals surface area contributed by atoms with Gasteiger partial charge in [-0.1, -0.05) is 24.3 Å². The minimum absolute atomic E-state index is 0.0629. The molecule has 0 saturated heterocycles. The van der Waals surface area contributed by atoms with Crippen LogP contribution in [0.4, 0.5) is 5.13 Å². The number of aromatic nitrogens is 3. The van der Waals surface area contributed by atoms with Crippen LogP contribution in [0.2, 0.25) is 0 Å². The van der Waals surface area contributed by atoms with Crippen molar-refractivity contribution in [1.82, 2.24) is 20.3 Å². The highest BCUT2D eigenvalue weighted by Gasteiger charge is 2.11. The first kappa shape index (κ1) is 16.7. The van der Waals surface area contributed by atoms with Gasteiger partial charge in [-0.25, -0.2) is 9.97 Å². The van der Waals surface area contributed by atoms with Gasteiger partial charge in [-0.3, -0.25) is 19.9 Å². The molecule has 3 rings (SSSR count). The molecule has 25 heavy (non-hydrogen) atoms. The second-order valence-corrected chi connectivity index (χ2v) is 6.05. The number of thiazole rings is 1. The topological polar surface area (TPSA) is 96.9 Å². The Balaban J connectivity index is 1.67. The van der Waals surface area contributed by atoms with E-state index in [1.165, 1.54) is 36.9 Å². The third-order valence-electron chi connectivity index (χ3n) is 3.31. The Kier molecular flexibility index (Phi) is 5.10. The largest absolute Gasteiger partial charge is 0.352 e. The molecule has 126 valence electrons. The molecule has 0 fully saturated rings.